The van der Waals surface area contributed by atoms with Crippen LogP contribution in [0.15, 0.2) is 224 Å². The fourth-order valence-electron chi connectivity index (χ4n) is 13.1. The number of hydrogen-bond acceptors (Lipinski definition) is 1. The number of anilines is 3. The molecule has 0 radical (unpaired) electrons. The monoisotopic (exact) mass is 966 g/mol. The third kappa shape index (κ3) is 8.09. The zero-order chi connectivity index (χ0) is 51.2. The van der Waals surface area contributed by atoms with Crippen LogP contribution in [-0.2, 0) is 23.7 Å². The number of benzene rings is 11. The smallest absolute Gasteiger partial charge is 0.247 e. The predicted octanol–water partition coefficient (Wildman–Crippen LogP) is 17.6. The van der Waals surface area contributed by atoms with E-state index in [9.17, 15) is 0 Å². The predicted molar refractivity (Wildman–Crippen MR) is 324 cm³/mol. The molecule has 364 valence electrons. The molecule has 1 unspecified atom stereocenters. The Hall–Kier alpha value is -7.94. The average molecular weight is 966 g/mol. The quantitative estimate of drug-likeness (QED) is 0.119. The summed E-state index contributed by atoms with van der Waals surface area (Å²) in [4.78, 5) is 2.63. The number of rotatable bonds is 6. The Morgan fingerprint density at radius 3 is 1.63 bits per heavy atom. The Bertz CT molecular complexity index is 3920. The molecule has 0 amide bonds. The Kier molecular flexibility index (Phi) is 11.3. The summed E-state index contributed by atoms with van der Waals surface area (Å²) in [6, 6.07) is 85.8. The van der Waals surface area contributed by atoms with Crippen molar-refractivity contribution in [3.8, 4) is 33.4 Å². The molecule has 0 spiro atoms. The van der Waals surface area contributed by atoms with Crippen LogP contribution in [0.25, 0.3) is 65.7 Å². The first kappa shape index (κ1) is 46.8. The van der Waals surface area contributed by atoms with Crippen LogP contribution >= 0.6 is 0 Å². The van der Waals surface area contributed by atoms with Crippen LogP contribution in [0.5, 0.6) is 0 Å². The number of para-hydroxylation sites is 1. The second-order valence-corrected chi connectivity index (χ2v) is 23.7. The van der Waals surface area contributed by atoms with E-state index in [0.29, 0.717) is 5.92 Å². The lowest BCUT2D eigenvalue weighted by atomic mass is 9.32. The van der Waals surface area contributed by atoms with Crippen LogP contribution in [0.1, 0.15) is 82.2 Å². The van der Waals surface area contributed by atoms with Gasteiger partial charge in [-0.15, -0.1) is 0 Å². The molecule has 2 heteroatoms. The normalized spacial score (nSPS) is 15.3. The van der Waals surface area contributed by atoms with Crippen LogP contribution in [0.3, 0.4) is 0 Å². The minimum Gasteiger partial charge on any atom is -0.311 e. The van der Waals surface area contributed by atoms with E-state index in [0.717, 1.165) is 12.8 Å². The fraction of sp³-hybridized carbons (Fsp3) is 0.178. The van der Waals surface area contributed by atoms with Gasteiger partial charge in [-0.25, -0.2) is 0 Å². The van der Waals surface area contributed by atoms with E-state index < -0.39 is 0 Å². The van der Waals surface area contributed by atoms with Gasteiger partial charge in [0, 0.05) is 17.1 Å². The molecule has 0 N–H and O–H groups in total. The zero-order valence-electron chi connectivity index (χ0n) is 44.5. The Balaban J connectivity index is 1.11. The molecule has 2 aliphatic rings. The van der Waals surface area contributed by atoms with Gasteiger partial charge in [-0.2, -0.15) is 0 Å². The minimum atomic E-state index is -0.0445. The Morgan fingerprint density at radius 1 is 0.453 bits per heavy atom. The average Bonchev–Trinajstić information content (AvgIpc) is 3.52. The highest BCUT2D eigenvalue weighted by molar-refractivity contribution is 6.98. The Morgan fingerprint density at radius 2 is 0.987 bits per heavy atom. The molecule has 2 aliphatic heterocycles. The first-order valence-electron chi connectivity index (χ1n) is 27.3. The fourth-order valence-corrected chi connectivity index (χ4v) is 13.1. The van der Waals surface area contributed by atoms with Crippen LogP contribution < -0.4 is 21.3 Å². The van der Waals surface area contributed by atoms with Crippen molar-refractivity contribution in [2.45, 2.75) is 78.1 Å². The van der Waals surface area contributed by atoms with Gasteiger partial charge in [-0.3, -0.25) is 0 Å². The van der Waals surface area contributed by atoms with Crippen molar-refractivity contribution in [2.75, 3.05) is 4.90 Å². The van der Waals surface area contributed by atoms with Gasteiger partial charge in [0.15, 0.2) is 0 Å². The molecule has 0 bridgehead atoms. The highest BCUT2D eigenvalue weighted by Gasteiger charge is 2.43. The van der Waals surface area contributed by atoms with E-state index in [4.69, 9.17) is 0 Å². The minimum absolute atomic E-state index is 0.0281. The van der Waals surface area contributed by atoms with Gasteiger partial charge in [-0.1, -0.05) is 260 Å². The summed E-state index contributed by atoms with van der Waals surface area (Å²) < 4.78 is 0. The van der Waals surface area contributed by atoms with Crippen molar-refractivity contribution in [1.29, 1.82) is 0 Å². The maximum absolute atomic E-state index is 2.66. The molecule has 0 aliphatic carbocycles. The molecule has 0 saturated carbocycles. The summed E-state index contributed by atoms with van der Waals surface area (Å²) in [5.41, 5.74) is 22.6. The van der Waals surface area contributed by atoms with Crippen LogP contribution in [0, 0.1) is 5.92 Å². The third-order valence-corrected chi connectivity index (χ3v) is 16.9. The second kappa shape index (κ2) is 18.2. The first-order valence-corrected chi connectivity index (χ1v) is 27.3. The third-order valence-electron chi connectivity index (χ3n) is 16.9. The number of fused-ring (bicyclic) bond motifs is 7. The first-order chi connectivity index (χ1) is 36.4. The van der Waals surface area contributed by atoms with Gasteiger partial charge in [0.05, 0.1) is 0 Å². The second-order valence-electron chi connectivity index (χ2n) is 23.7. The molecular weight excluding hydrogens is 902 g/mol. The number of hydrogen-bond donors (Lipinski definition) is 0. The van der Waals surface area contributed by atoms with E-state index in [1.807, 2.05) is 0 Å². The lowest BCUT2D eigenvalue weighted by molar-refractivity contribution is 0.454. The van der Waals surface area contributed by atoms with Crippen molar-refractivity contribution >= 4 is 72.5 Å². The maximum atomic E-state index is 2.66. The summed E-state index contributed by atoms with van der Waals surface area (Å²) in [5.74, 6) is 0.585. The lowest BCUT2D eigenvalue weighted by Gasteiger charge is -2.43. The van der Waals surface area contributed by atoms with Gasteiger partial charge < -0.3 is 4.90 Å². The maximum Gasteiger partial charge on any atom is 0.247 e. The molecule has 0 fully saturated rings. The molecule has 2 heterocycles. The highest BCUT2D eigenvalue weighted by Crippen LogP contribution is 2.49. The van der Waals surface area contributed by atoms with Gasteiger partial charge in [0.2, 0.25) is 6.71 Å². The molecule has 1 nitrogen and oxygen atoms in total. The Labute approximate surface area is 444 Å². The SMILES string of the molecule is C[C@H]1Cc2cc(C(C)(C)C)ccc2B2c3ccc(C(C)(C)C)cc3N(c3ccccc3)c3cc(-c4c5ccccc5c(-c5ccc(-c6cccc7ccccc67)cc5)c5ccccc45)cc(c32)C1Cc1ccccc1. The molecular formula is C73H64BN. The van der Waals surface area contributed by atoms with Crippen LogP contribution in [0.4, 0.5) is 17.1 Å². The molecule has 13 rings (SSSR count). The van der Waals surface area contributed by atoms with Crippen LogP contribution in [-0.4, -0.2) is 6.71 Å². The summed E-state index contributed by atoms with van der Waals surface area (Å²) in [6.07, 6.45) is 1.96. The summed E-state index contributed by atoms with van der Waals surface area (Å²) in [7, 11) is 0. The van der Waals surface area contributed by atoms with Crippen molar-refractivity contribution in [2.24, 2.45) is 5.92 Å². The van der Waals surface area contributed by atoms with E-state index >= 15 is 0 Å². The molecule has 0 saturated heterocycles. The zero-order valence-corrected chi connectivity index (χ0v) is 44.5. The molecule has 0 aromatic heterocycles. The summed E-state index contributed by atoms with van der Waals surface area (Å²) >= 11 is 0. The van der Waals surface area contributed by atoms with E-state index in [1.165, 1.54) is 127 Å². The summed E-state index contributed by atoms with van der Waals surface area (Å²) in [6.45, 7) is 16.7. The van der Waals surface area contributed by atoms with Crippen LogP contribution in [0.2, 0.25) is 0 Å². The standard InChI is InChI=1S/C73H64BN/c1-47-41-52-43-54(72(2,3)4)37-39-65(52)74-66-40-38-55(73(5,6)7)46-67(66)75(56-25-12-9-13-26-56)68-45-53(44-64(71(68)74)63(47)42-48-21-10-8-11-22-48)70-61-30-18-16-28-59(61)69(60-29-17-19-31-62(60)70)51-35-33-50(34-36-51)58-32-20-24-49-23-14-15-27-57(49)58/h8-40,43-47,63H,41-42H2,1-7H3/t47-,63?/m0/s1. The molecule has 11 aromatic rings. The topological polar surface area (TPSA) is 3.24 Å². The number of nitrogens with zero attached hydrogens (tertiary/aromatic N) is 1. The van der Waals surface area contributed by atoms with Gasteiger partial charge in [0.25, 0.3) is 0 Å². The molecule has 2 atom stereocenters. The van der Waals surface area contributed by atoms with Gasteiger partial charge in [0.1, 0.15) is 0 Å². The molecule has 11 aromatic carbocycles. The van der Waals surface area contributed by atoms with Gasteiger partial charge >= 0.3 is 0 Å². The van der Waals surface area contributed by atoms with Crippen molar-refractivity contribution in [3.05, 3.63) is 252 Å². The van der Waals surface area contributed by atoms with E-state index in [2.05, 4.69) is 278 Å². The van der Waals surface area contributed by atoms with E-state index in [-0.39, 0.29) is 23.5 Å². The van der Waals surface area contributed by atoms with Crippen molar-refractivity contribution < 1.29 is 0 Å². The van der Waals surface area contributed by atoms with Crippen molar-refractivity contribution in [3.63, 3.8) is 0 Å². The molecule has 75 heavy (non-hydrogen) atoms. The van der Waals surface area contributed by atoms with Crippen molar-refractivity contribution in [1.82, 2.24) is 0 Å². The highest BCUT2D eigenvalue weighted by atomic mass is 15.2. The lowest BCUT2D eigenvalue weighted by Crippen LogP contribution is -2.60. The summed E-state index contributed by atoms with van der Waals surface area (Å²) in [5, 5.41) is 7.60. The van der Waals surface area contributed by atoms with E-state index in [1.54, 1.807) is 0 Å². The largest absolute Gasteiger partial charge is 0.311 e. The van der Waals surface area contributed by atoms with Gasteiger partial charge in [-0.05, 0) is 159 Å².